The van der Waals surface area contributed by atoms with Crippen molar-refractivity contribution in [1.29, 1.82) is 0 Å². The molecule has 31 heavy (non-hydrogen) atoms. The van der Waals surface area contributed by atoms with E-state index in [-0.39, 0.29) is 6.10 Å². The Morgan fingerprint density at radius 2 is 1.06 bits per heavy atom. The maximum atomic E-state index is 11.7. The molecular formula is C27H50O4. The molecule has 4 heteroatoms. The van der Waals surface area contributed by atoms with Gasteiger partial charge < -0.3 is 9.47 Å². The molecule has 0 aromatic rings. The molecule has 0 aliphatic rings. The Balaban J connectivity index is 3.43. The van der Waals surface area contributed by atoms with Crippen LogP contribution in [-0.4, -0.2) is 24.6 Å². The molecule has 0 bridgehead atoms. The maximum Gasteiger partial charge on any atom is 0.331 e. The molecule has 0 N–H and O–H groups in total. The van der Waals surface area contributed by atoms with E-state index in [0.717, 1.165) is 32.1 Å². The van der Waals surface area contributed by atoms with Crippen molar-refractivity contribution in [2.24, 2.45) is 0 Å². The number of rotatable bonds is 22. The lowest BCUT2D eigenvalue weighted by Gasteiger charge is -2.13. The van der Waals surface area contributed by atoms with Crippen molar-refractivity contribution in [2.45, 2.75) is 142 Å². The van der Waals surface area contributed by atoms with Gasteiger partial charge in [-0.1, -0.05) is 117 Å². The Labute approximate surface area is 192 Å². The van der Waals surface area contributed by atoms with Crippen molar-refractivity contribution in [1.82, 2.24) is 0 Å². The molecule has 0 heterocycles. The highest BCUT2D eigenvalue weighted by Crippen LogP contribution is 2.13. The van der Waals surface area contributed by atoms with Crippen LogP contribution in [0.3, 0.4) is 0 Å². The Hall–Kier alpha value is -1.32. The summed E-state index contributed by atoms with van der Waals surface area (Å²) in [5.41, 5.74) is 0. The molecule has 4 nitrogen and oxygen atoms in total. The van der Waals surface area contributed by atoms with Gasteiger partial charge in [-0.3, -0.25) is 0 Å². The van der Waals surface area contributed by atoms with Crippen molar-refractivity contribution < 1.29 is 19.1 Å². The van der Waals surface area contributed by atoms with Gasteiger partial charge in [0.05, 0.1) is 6.61 Å². The molecule has 1 atom stereocenters. The van der Waals surface area contributed by atoms with Gasteiger partial charge in [-0.25, -0.2) is 9.59 Å². The average Bonchev–Trinajstić information content (AvgIpc) is 2.77. The van der Waals surface area contributed by atoms with Gasteiger partial charge in [0.1, 0.15) is 6.10 Å². The second-order valence-electron chi connectivity index (χ2n) is 8.71. The zero-order chi connectivity index (χ0) is 23.0. The number of hydrogen-bond acceptors (Lipinski definition) is 4. The zero-order valence-electron chi connectivity index (χ0n) is 20.8. The number of carbonyl (C=O) groups is 2. The predicted molar refractivity (Wildman–Crippen MR) is 130 cm³/mol. The number of hydrogen-bond donors (Lipinski definition) is 0. The van der Waals surface area contributed by atoms with Crippen molar-refractivity contribution in [3.8, 4) is 0 Å². The highest BCUT2D eigenvalue weighted by atomic mass is 16.5. The predicted octanol–water partition coefficient (Wildman–Crippen LogP) is 8.08. The molecule has 0 fully saturated rings. The van der Waals surface area contributed by atoms with Gasteiger partial charge in [-0.15, -0.1) is 0 Å². The van der Waals surface area contributed by atoms with Gasteiger partial charge in [0.25, 0.3) is 0 Å². The molecule has 0 saturated heterocycles. The summed E-state index contributed by atoms with van der Waals surface area (Å²) in [6, 6.07) is 0. The minimum Gasteiger partial charge on any atom is -0.463 e. The summed E-state index contributed by atoms with van der Waals surface area (Å²) in [4.78, 5) is 23.4. The summed E-state index contributed by atoms with van der Waals surface area (Å²) in [6.07, 6.45) is 24.6. The second kappa shape index (κ2) is 23.3. The van der Waals surface area contributed by atoms with Crippen LogP contribution in [0.25, 0.3) is 0 Å². The van der Waals surface area contributed by atoms with E-state index in [1.165, 1.54) is 95.6 Å². The molecular weight excluding hydrogens is 388 g/mol. The summed E-state index contributed by atoms with van der Waals surface area (Å²) in [5.74, 6) is -0.935. The monoisotopic (exact) mass is 438 g/mol. The minimum atomic E-state index is -0.468. The van der Waals surface area contributed by atoms with Crippen LogP contribution in [-0.2, 0) is 19.1 Å². The Kier molecular flexibility index (Phi) is 22.4. The molecule has 0 aliphatic heterocycles. The first kappa shape index (κ1) is 29.7. The van der Waals surface area contributed by atoms with E-state index in [1.807, 2.05) is 6.92 Å². The normalized spacial score (nSPS) is 12.2. The Morgan fingerprint density at radius 3 is 1.52 bits per heavy atom. The van der Waals surface area contributed by atoms with Crippen LogP contribution in [0.4, 0.5) is 0 Å². The van der Waals surface area contributed by atoms with E-state index < -0.39 is 11.9 Å². The van der Waals surface area contributed by atoms with Gasteiger partial charge in [-0.05, 0) is 19.3 Å². The molecule has 182 valence electrons. The molecule has 0 amide bonds. The Bertz CT molecular complexity index is 445. The summed E-state index contributed by atoms with van der Waals surface area (Å²) >= 11 is 0. The standard InChI is InChI=1S/C27H50O4/c1-4-7-8-9-10-11-12-13-14-15-16-17-18-19-20-24-30-26(28)22-23-27(29)31-25(6-3)21-5-2/h22-23,25H,4-21,24H2,1-3H3/b23-22+. The summed E-state index contributed by atoms with van der Waals surface area (Å²) in [5, 5.41) is 0. The fraction of sp³-hybridized carbons (Fsp3) is 0.852. The first-order valence-electron chi connectivity index (χ1n) is 13.2. The molecule has 0 aliphatic carbocycles. The third-order valence-electron chi connectivity index (χ3n) is 5.70. The molecule has 1 unspecified atom stereocenters. The van der Waals surface area contributed by atoms with Gasteiger partial charge in [0.15, 0.2) is 0 Å². The second-order valence-corrected chi connectivity index (χ2v) is 8.71. The summed E-state index contributed by atoms with van der Waals surface area (Å²) in [6.45, 7) is 6.74. The third-order valence-corrected chi connectivity index (χ3v) is 5.70. The van der Waals surface area contributed by atoms with Crippen LogP contribution in [0, 0.1) is 0 Å². The van der Waals surface area contributed by atoms with Gasteiger partial charge in [-0.2, -0.15) is 0 Å². The van der Waals surface area contributed by atoms with Gasteiger partial charge >= 0.3 is 11.9 Å². The van der Waals surface area contributed by atoms with Crippen LogP contribution in [0.5, 0.6) is 0 Å². The van der Waals surface area contributed by atoms with E-state index in [9.17, 15) is 9.59 Å². The molecule has 0 spiro atoms. The van der Waals surface area contributed by atoms with Crippen LogP contribution < -0.4 is 0 Å². The largest absolute Gasteiger partial charge is 0.463 e. The molecule has 0 radical (unpaired) electrons. The number of esters is 2. The van der Waals surface area contributed by atoms with Crippen LogP contribution in [0.15, 0.2) is 12.2 Å². The number of unbranched alkanes of at least 4 members (excludes halogenated alkanes) is 14. The molecule has 0 saturated carbocycles. The van der Waals surface area contributed by atoms with E-state index in [1.54, 1.807) is 0 Å². The minimum absolute atomic E-state index is 0.0708. The van der Waals surface area contributed by atoms with E-state index in [2.05, 4.69) is 13.8 Å². The van der Waals surface area contributed by atoms with E-state index in [4.69, 9.17) is 9.47 Å². The lowest BCUT2D eigenvalue weighted by atomic mass is 10.0. The fourth-order valence-electron chi connectivity index (χ4n) is 3.70. The molecule has 0 rings (SSSR count). The number of carbonyl (C=O) groups excluding carboxylic acids is 2. The summed E-state index contributed by atoms with van der Waals surface area (Å²) in [7, 11) is 0. The highest BCUT2D eigenvalue weighted by molar-refractivity contribution is 5.91. The smallest absolute Gasteiger partial charge is 0.331 e. The SMILES string of the molecule is CCCCCCCCCCCCCCCCCOC(=O)/C=C/C(=O)OC(CC)CCC. The van der Waals surface area contributed by atoms with Gasteiger partial charge in [0.2, 0.25) is 0 Å². The van der Waals surface area contributed by atoms with Crippen molar-refractivity contribution in [3.05, 3.63) is 12.2 Å². The van der Waals surface area contributed by atoms with E-state index >= 15 is 0 Å². The van der Waals surface area contributed by atoms with Gasteiger partial charge in [0, 0.05) is 12.2 Å². The number of ether oxygens (including phenoxy) is 2. The first-order chi connectivity index (χ1) is 15.1. The maximum absolute atomic E-state index is 11.7. The van der Waals surface area contributed by atoms with Crippen LogP contribution in [0.2, 0.25) is 0 Å². The third kappa shape index (κ3) is 21.7. The molecule has 0 aromatic heterocycles. The lowest BCUT2D eigenvalue weighted by molar-refractivity contribution is -0.144. The molecule has 0 aromatic carbocycles. The first-order valence-corrected chi connectivity index (χ1v) is 13.2. The quantitative estimate of drug-likeness (QED) is 0.0973. The van der Waals surface area contributed by atoms with E-state index in [0.29, 0.717) is 6.61 Å². The topological polar surface area (TPSA) is 52.6 Å². The van der Waals surface area contributed by atoms with Crippen molar-refractivity contribution >= 4 is 11.9 Å². The average molecular weight is 439 g/mol. The summed E-state index contributed by atoms with van der Waals surface area (Å²) < 4.78 is 10.4. The lowest BCUT2D eigenvalue weighted by Crippen LogP contribution is -2.16. The zero-order valence-corrected chi connectivity index (χ0v) is 20.8. The van der Waals surface area contributed by atoms with Crippen LogP contribution >= 0.6 is 0 Å². The van der Waals surface area contributed by atoms with Crippen molar-refractivity contribution in [2.75, 3.05) is 6.61 Å². The highest BCUT2D eigenvalue weighted by Gasteiger charge is 2.09. The Morgan fingerprint density at radius 1 is 0.613 bits per heavy atom. The fourth-order valence-corrected chi connectivity index (χ4v) is 3.70. The van der Waals surface area contributed by atoms with Crippen LogP contribution in [0.1, 0.15) is 136 Å². The van der Waals surface area contributed by atoms with Crippen molar-refractivity contribution in [3.63, 3.8) is 0 Å².